The molecule has 6 heteroatoms. The van der Waals surface area contributed by atoms with E-state index in [1.54, 1.807) is 10.7 Å². The Labute approximate surface area is 124 Å². The van der Waals surface area contributed by atoms with Crippen molar-refractivity contribution in [1.29, 1.82) is 0 Å². The molecule has 2 aromatic rings. The number of carbonyl (C=O) groups is 1. The van der Waals surface area contributed by atoms with E-state index in [0.717, 1.165) is 37.4 Å². The van der Waals surface area contributed by atoms with E-state index in [2.05, 4.69) is 15.4 Å². The van der Waals surface area contributed by atoms with E-state index >= 15 is 0 Å². The maximum absolute atomic E-state index is 12.7. The van der Waals surface area contributed by atoms with Gasteiger partial charge in [-0.25, -0.2) is 9.50 Å². The molecule has 0 saturated carbocycles. The summed E-state index contributed by atoms with van der Waals surface area (Å²) >= 11 is 0. The fourth-order valence-corrected chi connectivity index (χ4v) is 3.06. The zero-order valence-corrected chi connectivity index (χ0v) is 12.8. The number of nitrogens with one attached hydrogen (secondary N) is 1. The molecular formula is C15H21N5O. The number of rotatable bonds is 3. The SMILES string of the molecule is CNCC1CCN(C(=O)c2cnn3c(C)cc(C)nc23)C1. The Bertz CT molecular complexity index is 678. The highest BCUT2D eigenvalue weighted by Crippen LogP contribution is 2.20. The average molecular weight is 287 g/mol. The minimum atomic E-state index is 0.0427. The lowest BCUT2D eigenvalue weighted by Crippen LogP contribution is -2.30. The molecule has 0 spiro atoms. The van der Waals surface area contributed by atoms with E-state index in [1.807, 2.05) is 31.9 Å². The second kappa shape index (κ2) is 5.44. The molecule has 0 aromatic carbocycles. The van der Waals surface area contributed by atoms with Gasteiger partial charge in [0.15, 0.2) is 5.65 Å². The van der Waals surface area contributed by atoms with E-state index in [1.165, 1.54) is 0 Å². The molecule has 1 amide bonds. The monoisotopic (exact) mass is 287 g/mol. The van der Waals surface area contributed by atoms with E-state index < -0.39 is 0 Å². The van der Waals surface area contributed by atoms with Gasteiger partial charge < -0.3 is 10.2 Å². The first-order valence-corrected chi connectivity index (χ1v) is 7.36. The van der Waals surface area contributed by atoms with Crippen LogP contribution in [0.3, 0.4) is 0 Å². The third kappa shape index (κ3) is 2.51. The van der Waals surface area contributed by atoms with Crippen molar-refractivity contribution in [3.05, 3.63) is 29.2 Å². The van der Waals surface area contributed by atoms with Gasteiger partial charge in [0.05, 0.1) is 6.20 Å². The van der Waals surface area contributed by atoms with Crippen molar-refractivity contribution in [3.8, 4) is 0 Å². The largest absolute Gasteiger partial charge is 0.338 e. The summed E-state index contributed by atoms with van der Waals surface area (Å²) < 4.78 is 1.74. The minimum Gasteiger partial charge on any atom is -0.338 e. The number of fused-ring (bicyclic) bond motifs is 1. The Morgan fingerprint density at radius 2 is 2.29 bits per heavy atom. The number of hydrogen-bond donors (Lipinski definition) is 1. The number of aryl methyl sites for hydroxylation is 2. The smallest absolute Gasteiger partial charge is 0.259 e. The van der Waals surface area contributed by atoms with Crippen LogP contribution in [0.5, 0.6) is 0 Å². The van der Waals surface area contributed by atoms with Crippen LogP contribution in [0.4, 0.5) is 0 Å². The maximum atomic E-state index is 12.7. The topological polar surface area (TPSA) is 62.5 Å². The van der Waals surface area contributed by atoms with Gasteiger partial charge in [0, 0.05) is 24.5 Å². The number of likely N-dealkylation sites (tertiary alicyclic amines) is 1. The Balaban J connectivity index is 1.89. The van der Waals surface area contributed by atoms with Gasteiger partial charge in [-0.1, -0.05) is 0 Å². The highest BCUT2D eigenvalue weighted by molar-refractivity contribution is 5.99. The lowest BCUT2D eigenvalue weighted by atomic mass is 10.1. The summed E-state index contributed by atoms with van der Waals surface area (Å²) in [5.41, 5.74) is 3.16. The van der Waals surface area contributed by atoms with Crippen LogP contribution in [0.15, 0.2) is 12.3 Å². The zero-order valence-electron chi connectivity index (χ0n) is 12.8. The molecule has 1 aliphatic heterocycles. The van der Waals surface area contributed by atoms with Gasteiger partial charge in [-0.15, -0.1) is 0 Å². The number of nitrogens with zero attached hydrogens (tertiary/aromatic N) is 4. The predicted molar refractivity (Wildman–Crippen MR) is 80.4 cm³/mol. The molecule has 0 radical (unpaired) electrons. The van der Waals surface area contributed by atoms with Crippen LogP contribution in [0.1, 0.15) is 28.2 Å². The van der Waals surface area contributed by atoms with Gasteiger partial charge in [0.1, 0.15) is 5.56 Å². The number of aromatic nitrogens is 3. The zero-order chi connectivity index (χ0) is 15.0. The highest BCUT2D eigenvalue weighted by Gasteiger charge is 2.28. The van der Waals surface area contributed by atoms with E-state index in [9.17, 15) is 4.79 Å². The molecule has 1 saturated heterocycles. The van der Waals surface area contributed by atoms with Crippen molar-refractivity contribution in [2.75, 3.05) is 26.7 Å². The molecule has 3 rings (SSSR count). The maximum Gasteiger partial charge on any atom is 0.259 e. The molecule has 21 heavy (non-hydrogen) atoms. The molecular weight excluding hydrogens is 266 g/mol. The molecule has 0 aliphatic carbocycles. The van der Waals surface area contributed by atoms with Crippen LogP contribution < -0.4 is 5.32 Å². The van der Waals surface area contributed by atoms with Crippen LogP contribution in [0.25, 0.3) is 5.65 Å². The van der Waals surface area contributed by atoms with Crippen molar-refractivity contribution in [2.45, 2.75) is 20.3 Å². The lowest BCUT2D eigenvalue weighted by Gasteiger charge is -2.15. The van der Waals surface area contributed by atoms with Crippen LogP contribution in [0, 0.1) is 19.8 Å². The van der Waals surface area contributed by atoms with Gasteiger partial charge in [0.25, 0.3) is 5.91 Å². The molecule has 0 bridgehead atoms. The van der Waals surface area contributed by atoms with Crippen molar-refractivity contribution in [1.82, 2.24) is 24.8 Å². The van der Waals surface area contributed by atoms with Gasteiger partial charge in [-0.3, -0.25) is 4.79 Å². The van der Waals surface area contributed by atoms with Crippen molar-refractivity contribution in [2.24, 2.45) is 5.92 Å². The Hall–Kier alpha value is -1.95. The lowest BCUT2D eigenvalue weighted by molar-refractivity contribution is 0.0789. The molecule has 2 aromatic heterocycles. The van der Waals surface area contributed by atoms with Gasteiger partial charge in [-0.05, 0) is 45.8 Å². The second-order valence-corrected chi connectivity index (χ2v) is 5.80. The average Bonchev–Trinajstić information content (AvgIpc) is 3.05. The van der Waals surface area contributed by atoms with Gasteiger partial charge in [0.2, 0.25) is 0 Å². The Kier molecular flexibility index (Phi) is 3.63. The summed E-state index contributed by atoms with van der Waals surface area (Å²) in [5, 5.41) is 7.48. The molecule has 1 N–H and O–H groups in total. The van der Waals surface area contributed by atoms with Crippen LogP contribution >= 0.6 is 0 Å². The molecule has 6 nitrogen and oxygen atoms in total. The van der Waals surface area contributed by atoms with Crippen LogP contribution in [0.2, 0.25) is 0 Å². The Morgan fingerprint density at radius 3 is 3.05 bits per heavy atom. The first kappa shape index (κ1) is 14.0. The standard InChI is InChI=1S/C15H21N5O/c1-10-6-11(2)20-14(18-10)13(8-17-20)15(21)19-5-4-12(9-19)7-16-3/h6,8,12,16H,4-5,7,9H2,1-3H3. The van der Waals surface area contributed by atoms with E-state index in [-0.39, 0.29) is 5.91 Å². The van der Waals surface area contributed by atoms with E-state index in [4.69, 9.17) is 0 Å². The Morgan fingerprint density at radius 1 is 1.48 bits per heavy atom. The summed E-state index contributed by atoms with van der Waals surface area (Å²) in [6.07, 6.45) is 2.69. The number of amides is 1. The summed E-state index contributed by atoms with van der Waals surface area (Å²) in [6.45, 7) is 6.49. The van der Waals surface area contributed by atoms with Crippen molar-refractivity contribution < 1.29 is 4.79 Å². The molecule has 1 fully saturated rings. The molecule has 1 aliphatic rings. The molecule has 3 heterocycles. The first-order chi connectivity index (χ1) is 10.1. The predicted octanol–water partition coefficient (Wildman–Crippen LogP) is 1.03. The summed E-state index contributed by atoms with van der Waals surface area (Å²) in [5.74, 6) is 0.582. The van der Waals surface area contributed by atoms with Crippen molar-refractivity contribution in [3.63, 3.8) is 0 Å². The number of hydrogen-bond acceptors (Lipinski definition) is 4. The third-order valence-corrected chi connectivity index (χ3v) is 4.07. The molecule has 112 valence electrons. The summed E-state index contributed by atoms with van der Waals surface area (Å²) in [7, 11) is 1.95. The first-order valence-electron chi connectivity index (χ1n) is 7.36. The van der Waals surface area contributed by atoms with E-state index in [0.29, 0.717) is 17.1 Å². The highest BCUT2D eigenvalue weighted by atomic mass is 16.2. The third-order valence-electron chi connectivity index (χ3n) is 4.07. The fourth-order valence-electron chi connectivity index (χ4n) is 3.06. The normalized spacial score (nSPS) is 18.6. The minimum absolute atomic E-state index is 0.0427. The van der Waals surface area contributed by atoms with Gasteiger partial charge in [-0.2, -0.15) is 5.10 Å². The van der Waals surface area contributed by atoms with Gasteiger partial charge >= 0.3 is 0 Å². The van der Waals surface area contributed by atoms with Crippen LogP contribution in [-0.4, -0.2) is 52.1 Å². The molecule has 1 atom stereocenters. The summed E-state index contributed by atoms with van der Waals surface area (Å²) in [6, 6.07) is 1.97. The second-order valence-electron chi connectivity index (χ2n) is 5.80. The fraction of sp³-hybridized carbons (Fsp3) is 0.533. The van der Waals surface area contributed by atoms with Crippen LogP contribution in [-0.2, 0) is 0 Å². The summed E-state index contributed by atoms with van der Waals surface area (Å²) in [4.78, 5) is 19.1. The van der Waals surface area contributed by atoms with Crippen molar-refractivity contribution >= 4 is 11.6 Å². The molecule has 1 unspecified atom stereocenters. The number of carbonyl (C=O) groups excluding carboxylic acids is 1. The quantitative estimate of drug-likeness (QED) is 0.916.